The van der Waals surface area contributed by atoms with Crippen LogP contribution in [0.5, 0.6) is 28.7 Å². The van der Waals surface area contributed by atoms with Gasteiger partial charge in [-0.25, -0.2) is 0 Å². The van der Waals surface area contributed by atoms with Crippen LogP contribution >= 0.6 is 0 Å². The number of rotatable bonds is 7. The first-order chi connectivity index (χ1) is 12.0. The fraction of sp³-hybridized carbons (Fsp3) is 0.211. The smallest absolute Gasteiger partial charge is 0.204 e. The molecule has 0 heterocycles. The molecule has 0 amide bonds. The lowest BCUT2D eigenvalue weighted by Gasteiger charge is -2.15. The van der Waals surface area contributed by atoms with Gasteiger partial charge in [-0.05, 0) is 23.8 Å². The van der Waals surface area contributed by atoms with Crippen LogP contribution < -0.4 is 18.9 Å². The maximum absolute atomic E-state index is 12.6. The molecule has 0 aliphatic carbocycles. The van der Waals surface area contributed by atoms with Gasteiger partial charge in [0.1, 0.15) is 17.1 Å². The Bertz CT molecular complexity index is 777. The third-order valence-corrected chi connectivity index (χ3v) is 3.60. The predicted octanol–water partition coefficient (Wildman–Crippen LogP) is 3.32. The number of phenolic OH excluding ortho intramolecular Hbond substituents is 1. The lowest BCUT2D eigenvalue weighted by Crippen LogP contribution is -2.03. The normalized spacial score (nSPS) is 10.6. The zero-order chi connectivity index (χ0) is 18.4. The van der Waals surface area contributed by atoms with Gasteiger partial charge in [-0.2, -0.15) is 0 Å². The van der Waals surface area contributed by atoms with E-state index < -0.39 is 5.78 Å². The molecule has 6 heteroatoms. The molecule has 0 bridgehead atoms. The molecule has 0 fully saturated rings. The molecule has 2 rings (SSSR count). The van der Waals surface area contributed by atoms with Crippen LogP contribution in [-0.4, -0.2) is 39.3 Å². The Labute approximate surface area is 146 Å². The van der Waals surface area contributed by atoms with E-state index in [-0.39, 0.29) is 28.6 Å². The van der Waals surface area contributed by atoms with Gasteiger partial charge in [-0.3, -0.25) is 4.79 Å². The Hall–Kier alpha value is -3.15. The molecule has 0 saturated carbocycles. The molecule has 0 saturated heterocycles. The minimum Gasteiger partial charge on any atom is -0.507 e. The second-order valence-corrected chi connectivity index (χ2v) is 5.01. The van der Waals surface area contributed by atoms with Crippen LogP contribution in [0.25, 0.3) is 6.08 Å². The van der Waals surface area contributed by atoms with Crippen molar-refractivity contribution in [1.82, 2.24) is 0 Å². The maximum Gasteiger partial charge on any atom is 0.204 e. The fourth-order valence-electron chi connectivity index (χ4n) is 2.35. The molecule has 0 aliphatic heterocycles. The highest BCUT2D eigenvalue weighted by Crippen LogP contribution is 2.44. The Morgan fingerprint density at radius 1 is 0.920 bits per heavy atom. The number of ketones is 1. The lowest BCUT2D eigenvalue weighted by molar-refractivity contribution is 0.104. The van der Waals surface area contributed by atoms with Crippen molar-refractivity contribution in [1.29, 1.82) is 0 Å². The zero-order valence-electron chi connectivity index (χ0n) is 14.5. The molecular weight excluding hydrogens is 324 g/mol. The first kappa shape index (κ1) is 18.2. The van der Waals surface area contributed by atoms with Crippen LogP contribution in [0.4, 0.5) is 0 Å². The molecule has 6 nitrogen and oxygen atoms in total. The lowest BCUT2D eigenvalue weighted by atomic mass is 10.0. The summed E-state index contributed by atoms with van der Waals surface area (Å²) in [5, 5.41) is 10.2. The molecule has 0 radical (unpaired) electrons. The summed E-state index contributed by atoms with van der Waals surface area (Å²) in [4.78, 5) is 12.6. The molecular formula is C19H20O6. The van der Waals surface area contributed by atoms with E-state index in [1.54, 1.807) is 25.3 Å². The molecule has 2 aromatic rings. The van der Waals surface area contributed by atoms with E-state index in [2.05, 4.69) is 0 Å². The van der Waals surface area contributed by atoms with Gasteiger partial charge < -0.3 is 24.1 Å². The summed E-state index contributed by atoms with van der Waals surface area (Å²) in [6.45, 7) is 0. The van der Waals surface area contributed by atoms with E-state index in [1.807, 2.05) is 12.1 Å². The van der Waals surface area contributed by atoms with E-state index in [1.165, 1.54) is 33.5 Å². The van der Waals surface area contributed by atoms with Crippen molar-refractivity contribution < 1.29 is 28.8 Å². The van der Waals surface area contributed by atoms with Crippen molar-refractivity contribution in [2.24, 2.45) is 0 Å². The topological polar surface area (TPSA) is 74.2 Å². The van der Waals surface area contributed by atoms with Gasteiger partial charge in [0.05, 0.1) is 28.4 Å². The van der Waals surface area contributed by atoms with Gasteiger partial charge >= 0.3 is 0 Å². The summed E-state index contributed by atoms with van der Waals surface area (Å²) in [6.07, 6.45) is 2.99. The fourth-order valence-corrected chi connectivity index (χ4v) is 2.35. The summed E-state index contributed by atoms with van der Waals surface area (Å²) in [7, 11) is 5.84. The monoisotopic (exact) mass is 344 g/mol. The van der Waals surface area contributed by atoms with Crippen LogP contribution in [0.2, 0.25) is 0 Å². The van der Waals surface area contributed by atoms with E-state index in [0.29, 0.717) is 0 Å². The average Bonchev–Trinajstić information content (AvgIpc) is 2.65. The van der Waals surface area contributed by atoms with Crippen LogP contribution in [0, 0.1) is 0 Å². The van der Waals surface area contributed by atoms with Crippen molar-refractivity contribution in [2.45, 2.75) is 0 Å². The maximum atomic E-state index is 12.6. The standard InChI is InChI=1S/C19H20O6/c1-22-13-8-5-12(6-9-13)7-10-14(20)17-15(21)11-16(23-2)18(24-3)19(17)25-4/h5-11,21H,1-4H3/b10-7+. The Kier molecular flexibility index (Phi) is 5.89. The van der Waals surface area contributed by atoms with E-state index in [0.717, 1.165) is 11.3 Å². The van der Waals surface area contributed by atoms with E-state index in [9.17, 15) is 9.90 Å². The zero-order valence-corrected chi connectivity index (χ0v) is 14.5. The number of carbonyl (C=O) groups is 1. The highest BCUT2D eigenvalue weighted by atomic mass is 16.5. The second kappa shape index (κ2) is 8.10. The third kappa shape index (κ3) is 3.85. The number of carbonyl (C=O) groups excluding carboxylic acids is 1. The minimum absolute atomic E-state index is 0.00455. The summed E-state index contributed by atoms with van der Waals surface area (Å²) >= 11 is 0. The molecule has 25 heavy (non-hydrogen) atoms. The number of aromatic hydroxyl groups is 1. The molecule has 0 unspecified atom stereocenters. The minimum atomic E-state index is -0.425. The molecule has 0 aliphatic rings. The average molecular weight is 344 g/mol. The summed E-state index contributed by atoms with van der Waals surface area (Å²) in [6, 6.07) is 8.52. The van der Waals surface area contributed by atoms with Gasteiger partial charge in [0.2, 0.25) is 5.75 Å². The van der Waals surface area contributed by atoms with E-state index in [4.69, 9.17) is 18.9 Å². The van der Waals surface area contributed by atoms with Crippen molar-refractivity contribution >= 4 is 11.9 Å². The third-order valence-electron chi connectivity index (χ3n) is 3.60. The van der Waals surface area contributed by atoms with Crippen LogP contribution in [0.15, 0.2) is 36.4 Å². The number of methoxy groups -OCH3 is 4. The van der Waals surface area contributed by atoms with Gasteiger partial charge in [0.15, 0.2) is 17.3 Å². The highest BCUT2D eigenvalue weighted by molar-refractivity contribution is 6.11. The van der Waals surface area contributed by atoms with Gasteiger partial charge in [0, 0.05) is 6.07 Å². The molecule has 0 spiro atoms. The van der Waals surface area contributed by atoms with Crippen LogP contribution in [-0.2, 0) is 0 Å². The van der Waals surface area contributed by atoms with E-state index >= 15 is 0 Å². The molecule has 2 aromatic carbocycles. The largest absolute Gasteiger partial charge is 0.507 e. The number of allylic oxidation sites excluding steroid dienone is 1. The molecule has 0 atom stereocenters. The molecule has 1 N–H and O–H groups in total. The van der Waals surface area contributed by atoms with Gasteiger partial charge in [-0.1, -0.05) is 18.2 Å². The van der Waals surface area contributed by atoms with Crippen LogP contribution in [0.1, 0.15) is 15.9 Å². The van der Waals surface area contributed by atoms with Gasteiger partial charge in [0.25, 0.3) is 0 Å². The highest BCUT2D eigenvalue weighted by Gasteiger charge is 2.24. The molecule has 0 aromatic heterocycles. The summed E-state index contributed by atoms with van der Waals surface area (Å²) < 4.78 is 20.7. The molecule has 132 valence electrons. The van der Waals surface area contributed by atoms with Gasteiger partial charge in [-0.15, -0.1) is 0 Å². The summed E-state index contributed by atoms with van der Waals surface area (Å²) in [5.41, 5.74) is 0.818. The quantitative estimate of drug-likeness (QED) is 0.613. The SMILES string of the molecule is COc1ccc(/C=C/C(=O)c2c(O)cc(OC)c(OC)c2OC)cc1. The number of hydrogen-bond donors (Lipinski definition) is 1. The number of phenols is 1. The van der Waals surface area contributed by atoms with Crippen molar-refractivity contribution in [3.05, 3.63) is 47.5 Å². The first-order valence-electron chi connectivity index (χ1n) is 7.44. The first-order valence-corrected chi connectivity index (χ1v) is 7.44. The van der Waals surface area contributed by atoms with Crippen molar-refractivity contribution in [3.8, 4) is 28.7 Å². The van der Waals surface area contributed by atoms with Crippen molar-refractivity contribution in [2.75, 3.05) is 28.4 Å². The predicted molar refractivity (Wildman–Crippen MR) is 94.1 cm³/mol. The van der Waals surface area contributed by atoms with Crippen LogP contribution in [0.3, 0.4) is 0 Å². The number of ether oxygens (including phenoxy) is 4. The second-order valence-electron chi connectivity index (χ2n) is 5.01. The number of hydrogen-bond acceptors (Lipinski definition) is 6. The Morgan fingerprint density at radius 3 is 2.08 bits per heavy atom. The Balaban J connectivity index is 2.39. The van der Waals surface area contributed by atoms with Crippen molar-refractivity contribution in [3.63, 3.8) is 0 Å². The number of benzene rings is 2. The Morgan fingerprint density at radius 2 is 1.56 bits per heavy atom. The summed E-state index contributed by atoms with van der Waals surface area (Å²) in [5.74, 6) is 0.674.